The first-order chi connectivity index (χ1) is 13.1. The van der Waals surface area contributed by atoms with Crippen LogP contribution in [0.15, 0.2) is 53.7 Å². The van der Waals surface area contributed by atoms with E-state index in [-0.39, 0.29) is 11.7 Å². The Bertz CT molecular complexity index is 928. The maximum absolute atomic E-state index is 12.2. The number of carbonyl (C=O) groups is 1. The first-order valence-electron chi connectivity index (χ1n) is 8.37. The van der Waals surface area contributed by atoms with E-state index in [1.807, 2.05) is 67.1 Å². The van der Waals surface area contributed by atoms with Gasteiger partial charge >= 0.3 is 0 Å². The van der Waals surface area contributed by atoms with Crippen molar-refractivity contribution in [2.24, 2.45) is 7.05 Å². The average Bonchev–Trinajstić information content (AvgIpc) is 3.02. The Labute approximate surface area is 166 Å². The molecular formula is C19H19ClN4O2S. The van der Waals surface area contributed by atoms with Crippen LogP contribution in [0.3, 0.4) is 0 Å². The minimum atomic E-state index is -0.114. The SMILES string of the molecule is CCOc1ccc(NC(=O)CSc2nnc(-c3cccc(Cl)c3)n2C)cc1. The summed E-state index contributed by atoms with van der Waals surface area (Å²) in [5.74, 6) is 1.59. The van der Waals surface area contributed by atoms with Gasteiger partial charge in [-0.05, 0) is 43.3 Å². The molecule has 6 nitrogen and oxygen atoms in total. The molecule has 3 aromatic rings. The van der Waals surface area contributed by atoms with Gasteiger partial charge in [-0.3, -0.25) is 4.79 Å². The third kappa shape index (κ3) is 5.02. The lowest BCUT2D eigenvalue weighted by molar-refractivity contribution is -0.113. The number of hydrogen-bond donors (Lipinski definition) is 1. The van der Waals surface area contributed by atoms with E-state index in [0.29, 0.717) is 22.6 Å². The molecule has 0 aliphatic rings. The second kappa shape index (κ2) is 8.92. The van der Waals surface area contributed by atoms with Gasteiger partial charge in [-0.25, -0.2) is 0 Å². The number of amides is 1. The number of rotatable bonds is 7. The maximum Gasteiger partial charge on any atom is 0.234 e. The number of benzene rings is 2. The Morgan fingerprint density at radius 2 is 2.00 bits per heavy atom. The molecule has 1 N–H and O–H groups in total. The van der Waals surface area contributed by atoms with Crippen molar-refractivity contribution >= 4 is 35.0 Å². The molecule has 27 heavy (non-hydrogen) atoms. The summed E-state index contributed by atoms with van der Waals surface area (Å²) in [4.78, 5) is 12.2. The van der Waals surface area contributed by atoms with Gasteiger partial charge < -0.3 is 14.6 Å². The standard InChI is InChI=1S/C19H19ClN4O2S/c1-3-26-16-9-7-15(8-10-16)21-17(25)12-27-19-23-22-18(24(19)2)13-5-4-6-14(20)11-13/h4-11H,3,12H2,1-2H3,(H,21,25). The van der Waals surface area contributed by atoms with Crippen LogP contribution >= 0.6 is 23.4 Å². The molecule has 0 aliphatic heterocycles. The molecule has 2 aromatic carbocycles. The highest BCUT2D eigenvalue weighted by Crippen LogP contribution is 2.25. The van der Waals surface area contributed by atoms with E-state index in [2.05, 4.69) is 15.5 Å². The van der Waals surface area contributed by atoms with Crippen LogP contribution in [0.4, 0.5) is 5.69 Å². The monoisotopic (exact) mass is 402 g/mol. The van der Waals surface area contributed by atoms with Crippen LogP contribution in [-0.4, -0.2) is 33.0 Å². The zero-order valence-corrected chi connectivity index (χ0v) is 16.5. The first kappa shape index (κ1) is 19.3. The van der Waals surface area contributed by atoms with E-state index in [0.717, 1.165) is 17.0 Å². The van der Waals surface area contributed by atoms with Gasteiger partial charge in [0.15, 0.2) is 11.0 Å². The van der Waals surface area contributed by atoms with Crippen molar-refractivity contribution in [3.05, 3.63) is 53.6 Å². The maximum atomic E-state index is 12.2. The number of carbonyl (C=O) groups excluding carboxylic acids is 1. The van der Waals surface area contributed by atoms with Crippen molar-refractivity contribution in [1.82, 2.24) is 14.8 Å². The highest BCUT2D eigenvalue weighted by molar-refractivity contribution is 7.99. The lowest BCUT2D eigenvalue weighted by Crippen LogP contribution is -2.14. The summed E-state index contributed by atoms with van der Waals surface area (Å²) >= 11 is 7.36. The zero-order valence-electron chi connectivity index (χ0n) is 15.0. The molecule has 8 heteroatoms. The van der Waals surface area contributed by atoms with Gasteiger partial charge in [-0.15, -0.1) is 10.2 Å². The summed E-state index contributed by atoms with van der Waals surface area (Å²) in [5.41, 5.74) is 1.60. The van der Waals surface area contributed by atoms with E-state index < -0.39 is 0 Å². The zero-order chi connectivity index (χ0) is 19.2. The van der Waals surface area contributed by atoms with E-state index >= 15 is 0 Å². The second-order valence-electron chi connectivity index (χ2n) is 5.67. The molecule has 3 rings (SSSR count). The predicted octanol–water partition coefficient (Wildman–Crippen LogP) is 4.27. The highest BCUT2D eigenvalue weighted by atomic mass is 35.5. The normalized spacial score (nSPS) is 10.6. The van der Waals surface area contributed by atoms with Crippen molar-refractivity contribution in [3.8, 4) is 17.1 Å². The van der Waals surface area contributed by atoms with Crippen molar-refractivity contribution in [2.45, 2.75) is 12.1 Å². The van der Waals surface area contributed by atoms with Crippen LogP contribution < -0.4 is 10.1 Å². The number of nitrogens with zero attached hydrogens (tertiary/aromatic N) is 3. The molecule has 1 aromatic heterocycles. The van der Waals surface area contributed by atoms with Gasteiger partial charge in [-0.1, -0.05) is 35.5 Å². The minimum absolute atomic E-state index is 0.114. The Morgan fingerprint density at radius 1 is 1.22 bits per heavy atom. The van der Waals surface area contributed by atoms with Gasteiger partial charge in [0.1, 0.15) is 5.75 Å². The number of thioether (sulfide) groups is 1. The Kier molecular flexibility index (Phi) is 6.36. The quantitative estimate of drug-likeness (QED) is 0.598. The van der Waals surface area contributed by atoms with Gasteiger partial charge in [0.25, 0.3) is 0 Å². The van der Waals surface area contributed by atoms with Crippen molar-refractivity contribution in [1.29, 1.82) is 0 Å². The summed E-state index contributed by atoms with van der Waals surface area (Å²) in [5, 5.41) is 12.5. The summed E-state index contributed by atoms with van der Waals surface area (Å²) < 4.78 is 7.24. The van der Waals surface area contributed by atoms with E-state index in [4.69, 9.17) is 16.3 Å². The largest absolute Gasteiger partial charge is 0.494 e. The molecule has 0 unspecified atom stereocenters. The Balaban J connectivity index is 1.59. The fraction of sp³-hybridized carbons (Fsp3) is 0.211. The van der Waals surface area contributed by atoms with Gasteiger partial charge in [0.2, 0.25) is 5.91 Å². The minimum Gasteiger partial charge on any atom is -0.494 e. The summed E-state index contributed by atoms with van der Waals surface area (Å²) in [6.07, 6.45) is 0. The topological polar surface area (TPSA) is 69.0 Å². The predicted molar refractivity (Wildman–Crippen MR) is 108 cm³/mol. The number of halogens is 1. The fourth-order valence-electron chi connectivity index (χ4n) is 2.45. The van der Waals surface area contributed by atoms with Gasteiger partial charge in [0.05, 0.1) is 12.4 Å². The van der Waals surface area contributed by atoms with Gasteiger partial charge in [-0.2, -0.15) is 0 Å². The third-order valence-electron chi connectivity index (χ3n) is 3.70. The average molecular weight is 403 g/mol. The number of aromatic nitrogens is 3. The van der Waals surface area contributed by atoms with Crippen LogP contribution in [0.25, 0.3) is 11.4 Å². The Hall–Kier alpha value is -2.51. The number of nitrogens with one attached hydrogen (secondary N) is 1. The molecule has 0 radical (unpaired) electrons. The molecule has 1 heterocycles. The van der Waals surface area contributed by atoms with Crippen molar-refractivity contribution < 1.29 is 9.53 Å². The Morgan fingerprint density at radius 3 is 2.70 bits per heavy atom. The smallest absolute Gasteiger partial charge is 0.234 e. The fourth-order valence-corrected chi connectivity index (χ4v) is 3.35. The lowest BCUT2D eigenvalue weighted by atomic mass is 10.2. The number of hydrogen-bond acceptors (Lipinski definition) is 5. The molecule has 0 bridgehead atoms. The highest BCUT2D eigenvalue weighted by Gasteiger charge is 2.13. The lowest BCUT2D eigenvalue weighted by Gasteiger charge is -2.07. The molecule has 0 saturated carbocycles. The van der Waals surface area contributed by atoms with Crippen molar-refractivity contribution in [2.75, 3.05) is 17.7 Å². The first-order valence-corrected chi connectivity index (χ1v) is 9.74. The van der Waals surface area contributed by atoms with E-state index in [9.17, 15) is 4.79 Å². The molecule has 0 atom stereocenters. The van der Waals surface area contributed by atoms with E-state index in [1.165, 1.54) is 11.8 Å². The van der Waals surface area contributed by atoms with Crippen LogP contribution in [-0.2, 0) is 11.8 Å². The number of ether oxygens (including phenoxy) is 1. The van der Waals surface area contributed by atoms with Crippen LogP contribution in [0, 0.1) is 0 Å². The van der Waals surface area contributed by atoms with Crippen LogP contribution in [0.1, 0.15) is 6.92 Å². The van der Waals surface area contributed by atoms with Crippen LogP contribution in [0.5, 0.6) is 5.75 Å². The summed E-state index contributed by atoms with van der Waals surface area (Å²) in [7, 11) is 1.86. The molecule has 0 saturated heterocycles. The summed E-state index contributed by atoms with van der Waals surface area (Å²) in [6.45, 7) is 2.54. The number of anilines is 1. The molecule has 0 spiro atoms. The van der Waals surface area contributed by atoms with Crippen molar-refractivity contribution in [3.63, 3.8) is 0 Å². The summed E-state index contributed by atoms with van der Waals surface area (Å²) in [6, 6.07) is 14.7. The molecule has 140 valence electrons. The molecular weight excluding hydrogens is 384 g/mol. The van der Waals surface area contributed by atoms with Crippen LogP contribution in [0.2, 0.25) is 5.02 Å². The molecule has 0 fully saturated rings. The second-order valence-corrected chi connectivity index (χ2v) is 7.05. The third-order valence-corrected chi connectivity index (χ3v) is 4.95. The molecule has 1 amide bonds. The molecule has 0 aliphatic carbocycles. The van der Waals surface area contributed by atoms with Gasteiger partial charge in [0, 0.05) is 23.3 Å². The van der Waals surface area contributed by atoms with E-state index in [1.54, 1.807) is 0 Å².